The molecule has 0 aliphatic rings. The minimum absolute atomic E-state index is 0.284. The third-order valence-electron chi connectivity index (χ3n) is 5.55. The highest BCUT2D eigenvalue weighted by Crippen LogP contribution is 2.38. The van der Waals surface area contributed by atoms with Crippen LogP contribution in [0.2, 0.25) is 0 Å². The maximum atomic E-state index is 13.5. The van der Waals surface area contributed by atoms with Crippen LogP contribution in [0.5, 0.6) is 17.2 Å². The Labute approximate surface area is 214 Å². The van der Waals surface area contributed by atoms with Crippen molar-refractivity contribution in [2.45, 2.75) is 6.92 Å². The average Bonchev–Trinajstić information content (AvgIpc) is 3.31. The summed E-state index contributed by atoms with van der Waals surface area (Å²) in [5.41, 5.74) is 1.55. The number of hydrogen-bond acceptors (Lipinski definition) is 7. The lowest BCUT2D eigenvalue weighted by molar-refractivity contribution is 0.288. The molecule has 36 heavy (non-hydrogen) atoms. The molecule has 0 saturated carbocycles. The lowest BCUT2D eigenvalue weighted by Crippen LogP contribution is -2.20. The zero-order valence-electron chi connectivity index (χ0n) is 19.8. The van der Waals surface area contributed by atoms with Gasteiger partial charge in [0.2, 0.25) is 11.6 Å². The number of para-hydroxylation sites is 1. The van der Waals surface area contributed by atoms with Crippen molar-refractivity contribution in [1.82, 2.24) is 9.66 Å². The van der Waals surface area contributed by atoms with E-state index >= 15 is 0 Å². The zero-order valence-corrected chi connectivity index (χ0v) is 21.4. The molecule has 8 nitrogen and oxygen atoms in total. The minimum Gasteiger partial charge on any atom is -0.493 e. The molecule has 0 fully saturated rings. The lowest BCUT2D eigenvalue weighted by Gasteiger charge is -2.14. The molecule has 2 aromatic heterocycles. The first-order chi connectivity index (χ1) is 17.5. The minimum atomic E-state index is -0.321. The maximum Gasteiger partial charge on any atom is 0.282 e. The van der Waals surface area contributed by atoms with E-state index in [0.717, 1.165) is 9.86 Å². The van der Waals surface area contributed by atoms with Gasteiger partial charge in [0.25, 0.3) is 5.56 Å². The second-order valence-electron chi connectivity index (χ2n) is 7.79. The fourth-order valence-electron chi connectivity index (χ4n) is 3.90. The van der Waals surface area contributed by atoms with Crippen LogP contribution in [0.1, 0.15) is 12.5 Å². The number of furan rings is 1. The van der Waals surface area contributed by atoms with Crippen molar-refractivity contribution < 1.29 is 18.6 Å². The number of rotatable bonds is 7. The van der Waals surface area contributed by atoms with E-state index in [9.17, 15) is 4.79 Å². The molecule has 9 heteroatoms. The number of fused-ring (bicyclic) bond motifs is 2. The van der Waals surface area contributed by atoms with Crippen molar-refractivity contribution in [3.05, 3.63) is 81.1 Å². The summed E-state index contributed by atoms with van der Waals surface area (Å²) in [5, 5.41) is 5.83. The molecular weight excluding hydrogens is 526 g/mol. The Morgan fingerprint density at radius 1 is 1.06 bits per heavy atom. The van der Waals surface area contributed by atoms with Gasteiger partial charge in [-0.05, 0) is 55.5 Å². The van der Waals surface area contributed by atoms with Crippen molar-refractivity contribution in [3.8, 4) is 28.8 Å². The Morgan fingerprint density at radius 2 is 1.81 bits per heavy atom. The van der Waals surface area contributed by atoms with Gasteiger partial charge >= 0.3 is 0 Å². The van der Waals surface area contributed by atoms with Gasteiger partial charge in [-0.3, -0.25) is 4.79 Å². The van der Waals surface area contributed by atoms with Crippen molar-refractivity contribution in [2.24, 2.45) is 5.10 Å². The number of hydrogen-bond donors (Lipinski definition) is 0. The highest BCUT2D eigenvalue weighted by atomic mass is 79.9. The molecule has 0 bridgehead atoms. The van der Waals surface area contributed by atoms with Crippen LogP contribution in [0.15, 0.2) is 79.4 Å². The van der Waals surface area contributed by atoms with Gasteiger partial charge in [0.1, 0.15) is 5.58 Å². The molecule has 0 amide bonds. The van der Waals surface area contributed by atoms with Crippen LogP contribution in [-0.4, -0.2) is 36.7 Å². The second-order valence-corrected chi connectivity index (χ2v) is 8.71. The van der Waals surface area contributed by atoms with Crippen LogP contribution in [-0.2, 0) is 0 Å². The lowest BCUT2D eigenvalue weighted by atomic mass is 10.2. The smallest absolute Gasteiger partial charge is 0.282 e. The Morgan fingerprint density at radius 3 is 2.53 bits per heavy atom. The Bertz CT molecular complexity index is 1650. The Hall–Kier alpha value is -4.11. The number of benzene rings is 3. The van der Waals surface area contributed by atoms with Gasteiger partial charge in [-0.2, -0.15) is 9.78 Å². The van der Waals surface area contributed by atoms with E-state index in [1.54, 1.807) is 50.8 Å². The fraction of sp³-hybridized carbons (Fsp3) is 0.148. The summed E-state index contributed by atoms with van der Waals surface area (Å²) in [6.07, 6.45) is 1.54. The molecule has 5 aromatic rings. The average molecular weight is 548 g/mol. The van der Waals surface area contributed by atoms with E-state index in [2.05, 4.69) is 21.0 Å². The van der Waals surface area contributed by atoms with Gasteiger partial charge in [-0.1, -0.05) is 28.1 Å². The summed E-state index contributed by atoms with van der Waals surface area (Å²) in [5.74, 6) is 2.19. The molecule has 0 spiro atoms. The van der Waals surface area contributed by atoms with E-state index < -0.39 is 0 Å². The van der Waals surface area contributed by atoms with Gasteiger partial charge in [0.15, 0.2) is 17.3 Å². The van der Waals surface area contributed by atoms with E-state index in [1.165, 1.54) is 4.68 Å². The SMILES string of the molecule is CCOc1c(OC)cc(C=Nn2c(-c3cc4cc(Br)ccc4o3)nc3ccccc3c2=O)cc1OC. The third kappa shape index (κ3) is 4.33. The summed E-state index contributed by atoms with van der Waals surface area (Å²) in [6.45, 7) is 2.33. The van der Waals surface area contributed by atoms with Gasteiger partial charge in [-0.25, -0.2) is 4.98 Å². The first-order valence-corrected chi connectivity index (χ1v) is 12.0. The summed E-state index contributed by atoms with van der Waals surface area (Å²) in [4.78, 5) is 18.2. The largest absolute Gasteiger partial charge is 0.493 e. The van der Waals surface area contributed by atoms with Crippen LogP contribution in [0, 0.1) is 0 Å². The number of aromatic nitrogens is 2. The Kier molecular flexibility index (Phi) is 6.47. The normalized spacial score (nSPS) is 11.4. The van der Waals surface area contributed by atoms with Gasteiger partial charge < -0.3 is 18.6 Å². The van der Waals surface area contributed by atoms with E-state index in [1.807, 2.05) is 37.3 Å². The third-order valence-corrected chi connectivity index (χ3v) is 6.04. The second kappa shape index (κ2) is 9.87. The molecule has 2 heterocycles. The summed E-state index contributed by atoms with van der Waals surface area (Å²) < 4.78 is 24.9. The highest BCUT2D eigenvalue weighted by Gasteiger charge is 2.17. The molecule has 0 atom stereocenters. The van der Waals surface area contributed by atoms with Crippen molar-refractivity contribution in [3.63, 3.8) is 0 Å². The number of methoxy groups -OCH3 is 2. The van der Waals surface area contributed by atoms with Crippen LogP contribution in [0.25, 0.3) is 33.5 Å². The maximum absolute atomic E-state index is 13.5. The van der Waals surface area contributed by atoms with E-state index in [-0.39, 0.29) is 11.4 Å². The van der Waals surface area contributed by atoms with E-state index in [4.69, 9.17) is 23.6 Å². The van der Waals surface area contributed by atoms with Crippen molar-refractivity contribution in [2.75, 3.05) is 20.8 Å². The number of nitrogens with zero attached hydrogens (tertiary/aromatic N) is 3. The summed E-state index contributed by atoms with van der Waals surface area (Å²) in [7, 11) is 3.10. The molecule has 0 aliphatic heterocycles. The van der Waals surface area contributed by atoms with Gasteiger partial charge in [0.05, 0.1) is 37.9 Å². The van der Waals surface area contributed by atoms with E-state index in [0.29, 0.717) is 51.7 Å². The number of ether oxygens (including phenoxy) is 3. The number of halogens is 1. The molecule has 0 radical (unpaired) electrons. The highest BCUT2D eigenvalue weighted by molar-refractivity contribution is 9.10. The topological polar surface area (TPSA) is 88.1 Å². The zero-order chi connectivity index (χ0) is 25.2. The first-order valence-electron chi connectivity index (χ1n) is 11.2. The molecular formula is C27H22BrN3O5. The standard InChI is InChI=1S/C27H22BrN3O5/c1-4-35-25-22(33-2)11-16(12-23(25)34-3)15-29-31-26(30-20-8-6-5-7-19(20)27(31)32)24-14-17-13-18(28)9-10-21(17)36-24/h5-15H,4H2,1-3H3. The molecule has 182 valence electrons. The molecule has 5 rings (SSSR count). The predicted molar refractivity (Wildman–Crippen MR) is 143 cm³/mol. The Balaban J connectivity index is 1.68. The molecule has 0 saturated heterocycles. The molecule has 3 aromatic carbocycles. The summed E-state index contributed by atoms with van der Waals surface area (Å²) >= 11 is 3.48. The predicted octanol–water partition coefficient (Wildman–Crippen LogP) is 5.87. The molecule has 0 aliphatic carbocycles. The van der Waals surface area contributed by atoms with Crippen LogP contribution >= 0.6 is 15.9 Å². The van der Waals surface area contributed by atoms with Gasteiger partial charge in [-0.15, -0.1) is 0 Å². The fourth-order valence-corrected chi connectivity index (χ4v) is 4.28. The van der Waals surface area contributed by atoms with Crippen molar-refractivity contribution in [1.29, 1.82) is 0 Å². The van der Waals surface area contributed by atoms with Crippen LogP contribution in [0.4, 0.5) is 0 Å². The monoisotopic (exact) mass is 547 g/mol. The molecule has 0 N–H and O–H groups in total. The molecule has 0 unspecified atom stereocenters. The van der Waals surface area contributed by atoms with Crippen molar-refractivity contribution >= 4 is 44.0 Å². The van der Waals surface area contributed by atoms with Crippen LogP contribution < -0.4 is 19.8 Å². The van der Waals surface area contributed by atoms with Crippen LogP contribution in [0.3, 0.4) is 0 Å². The summed E-state index contributed by atoms with van der Waals surface area (Å²) in [6, 6.07) is 18.2. The van der Waals surface area contributed by atoms with Gasteiger partial charge in [0, 0.05) is 15.4 Å². The quantitative estimate of drug-likeness (QED) is 0.237. The first kappa shape index (κ1) is 23.6.